The molecule has 1 aromatic carbocycles. The maximum Gasteiger partial charge on any atom is 0.254 e. The summed E-state index contributed by atoms with van der Waals surface area (Å²) in [6.45, 7) is 0. The summed E-state index contributed by atoms with van der Waals surface area (Å²) in [5.41, 5.74) is 0.667. The van der Waals surface area contributed by atoms with Gasteiger partial charge in [0.25, 0.3) is 11.8 Å². The van der Waals surface area contributed by atoms with Crippen LogP contribution in [0.1, 0.15) is 12.0 Å². The van der Waals surface area contributed by atoms with Crippen LogP contribution in [0.15, 0.2) is 38.3 Å². The summed E-state index contributed by atoms with van der Waals surface area (Å²) in [7, 11) is 0. The zero-order valence-corrected chi connectivity index (χ0v) is 15.0. The molecule has 0 aromatic heterocycles. The smallest absolute Gasteiger partial charge is 0.254 e. The molecule has 1 aliphatic heterocycles. The number of nitrogens with zero attached hydrogens (tertiary/aromatic N) is 2. The first-order valence-electron chi connectivity index (χ1n) is 7.25. The van der Waals surface area contributed by atoms with E-state index in [0.717, 1.165) is 11.4 Å². The Balaban J connectivity index is 1.60. The van der Waals surface area contributed by atoms with Crippen molar-refractivity contribution in [1.29, 1.82) is 0 Å². The van der Waals surface area contributed by atoms with E-state index in [1.165, 1.54) is 6.21 Å². The van der Waals surface area contributed by atoms with Crippen molar-refractivity contribution in [1.82, 2.24) is 5.01 Å². The average molecular weight is 440 g/mol. The first kappa shape index (κ1) is 15.1. The van der Waals surface area contributed by atoms with Gasteiger partial charge in [0.05, 0.1) is 27.0 Å². The molecule has 118 valence electrons. The molecule has 2 bridgehead atoms. The first-order valence-corrected chi connectivity index (χ1v) is 8.84. The van der Waals surface area contributed by atoms with Crippen molar-refractivity contribution in [3.63, 3.8) is 0 Å². The number of aromatic hydroxyl groups is 1. The van der Waals surface area contributed by atoms with Crippen LogP contribution >= 0.6 is 31.9 Å². The number of carbonyl (C=O) groups excluding carboxylic acids is 2. The Morgan fingerprint density at radius 2 is 1.61 bits per heavy atom. The fraction of sp³-hybridized carbons (Fsp3) is 0.312. The van der Waals surface area contributed by atoms with Crippen molar-refractivity contribution >= 4 is 49.9 Å². The molecule has 5 nitrogen and oxygen atoms in total. The van der Waals surface area contributed by atoms with Gasteiger partial charge in [-0.2, -0.15) is 10.1 Å². The molecule has 7 heteroatoms. The monoisotopic (exact) mass is 438 g/mol. The summed E-state index contributed by atoms with van der Waals surface area (Å²) in [4.78, 5) is 25.0. The second-order valence-electron chi connectivity index (χ2n) is 6.07. The molecule has 1 aromatic rings. The second-order valence-corrected chi connectivity index (χ2v) is 7.77. The molecular weight excluding hydrogens is 428 g/mol. The highest BCUT2D eigenvalue weighted by molar-refractivity contribution is 9.11. The molecule has 4 atom stereocenters. The lowest BCUT2D eigenvalue weighted by molar-refractivity contribution is -0.140. The standard InChI is InChI=1S/C16H12Br2N2O3/c17-10-3-7(4-11(18)14(10)21)6-19-20-15(22)12-8-1-2-9(5-8)13(12)16(20)23/h1-4,6,8-9,12-13,21H,5H2/b19-6+. The summed E-state index contributed by atoms with van der Waals surface area (Å²) < 4.78 is 1.01. The Kier molecular flexibility index (Phi) is 3.46. The van der Waals surface area contributed by atoms with Gasteiger partial charge in [-0.05, 0) is 67.8 Å². The lowest BCUT2D eigenvalue weighted by Crippen LogP contribution is -2.28. The Morgan fingerprint density at radius 1 is 1.09 bits per heavy atom. The summed E-state index contributed by atoms with van der Waals surface area (Å²) in [5, 5.41) is 14.8. The van der Waals surface area contributed by atoms with E-state index < -0.39 is 0 Å². The molecule has 2 fully saturated rings. The zero-order valence-electron chi connectivity index (χ0n) is 11.8. The quantitative estimate of drug-likeness (QED) is 0.437. The van der Waals surface area contributed by atoms with Crippen LogP contribution in [0, 0.1) is 23.7 Å². The van der Waals surface area contributed by atoms with Crippen LogP contribution in [0.3, 0.4) is 0 Å². The number of phenolic OH excluding ortho intramolecular Hbond substituents is 1. The van der Waals surface area contributed by atoms with Crippen molar-refractivity contribution < 1.29 is 14.7 Å². The molecule has 23 heavy (non-hydrogen) atoms. The number of rotatable bonds is 2. The average Bonchev–Trinajstić information content (AvgIpc) is 3.18. The van der Waals surface area contributed by atoms with E-state index in [1.807, 2.05) is 0 Å². The minimum atomic E-state index is -0.243. The van der Waals surface area contributed by atoms with Gasteiger partial charge in [-0.3, -0.25) is 9.59 Å². The number of allylic oxidation sites excluding steroid dienone is 2. The van der Waals surface area contributed by atoms with Crippen LogP contribution in [0.2, 0.25) is 0 Å². The number of hydrazone groups is 1. The number of amides is 2. The summed E-state index contributed by atoms with van der Waals surface area (Å²) in [5.74, 6) is -0.444. The van der Waals surface area contributed by atoms with E-state index in [2.05, 4.69) is 49.1 Å². The van der Waals surface area contributed by atoms with Crippen molar-refractivity contribution in [3.8, 4) is 5.75 Å². The molecule has 1 N–H and O–H groups in total. The lowest BCUT2D eigenvalue weighted by atomic mass is 9.85. The number of hydrogen-bond donors (Lipinski definition) is 1. The van der Waals surface area contributed by atoms with Gasteiger partial charge < -0.3 is 5.11 Å². The molecular formula is C16H12Br2N2O3. The lowest BCUT2D eigenvalue weighted by Gasteiger charge is -2.13. The molecule has 2 aliphatic carbocycles. The number of benzene rings is 1. The van der Waals surface area contributed by atoms with Crippen LogP contribution in [-0.2, 0) is 9.59 Å². The van der Waals surface area contributed by atoms with Crippen LogP contribution in [0.5, 0.6) is 5.75 Å². The zero-order chi connectivity index (χ0) is 16.3. The van der Waals surface area contributed by atoms with Crippen LogP contribution in [0.4, 0.5) is 0 Å². The first-order chi connectivity index (χ1) is 11.0. The van der Waals surface area contributed by atoms with Crippen molar-refractivity contribution in [2.45, 2.75) is 6.42 Å². The van der Waals surface area contributed by atoms with E-state index in [-0.39, 0.29) is 41.2 Å². The third-order valence-corrected chi connectivity index (χ3v) is 6.02. The Bertz CT molecular complexity index is 737. The van der Waals surface area contributed by atoms with Crippen LogP contribution in [-0.4, -0.2) is 28.1 Å². The van der Waals surface area contributed by atoms with E-state index >= 15 is 0 Å². The Morgan fingerprint density at radius 3 is 2.13 bits per heavy atom. The highest BCUT2D eigenvalue weighted by Gasteiger charge is 2.59. The normalized spacial score (nSPS) is 31.7. The van der Waals surface area contributed by atoms with Gasteiger partial charge in [0.15, 0.2) is 0 Å². The number of carbonyl (C=O) groups is 2. The van der Waals surface area contributed by atoms with Gasteiger partial charge in [0, 0.05) is 0 Å². The van der Waals surface area contributed by atoms with E-state index in [9.17, 15) is 14.7 Å². The number of phenols is 1. The van der Waals surface area contributed by atoms with Crippen molar-refractivity contribution in [3.05, 3.63) is 38.8 Å². The van der Waals surface area contributed by atoms with E-state index in [1.54, 1.807) is 12.1 Å². The van der Waals surface area contributed by atoms with Gasteiger partial charge in [-0.15, -0.1) is 0 Å². The molecule has 3 aliphatic rings. The minimum Gasteiger partial charge on any atom is -0.506 e. The summed E-state index contributed by atoms with van der Waals surface area (Å²) in [6.07, 6.45) is 6.47. The highest BCUT2D eigenvalue weighted by Crippen LogP contribution is 2.52. The molecule has 4 unspecified atom stereocenters. The Labute approximate surface area is 149 Å². The van der Waals surface area contributed by atoms with Gasteiger partial charge in [0.1, 0.15) is 5.75 Å². The van der Waals surface area contributed by atoms with E-state index in [0.29, 0.717) is 14.5 Å². The largest absolute Gasteiger partial charge is 0.506 e. The third-order valence-electron chi connectivity index (χ3n) is 4.81. The van der Waals surface area contributed by atoms with Crippen LogP contribution in [0.25, 0.3) is 0 Å². The molecule has 1 saturated heterocycles. The van der Waals surface area contributed by atoms with Gasteiger partial charge in [-0.25, -0.2) is 0 Å². The molecule has 4 rings (SSSR count). The fourth-order valence-electron chi connectivity index (χ4n) is 3.78. The number of halogens is 2. The molecule has 2 amide bonds. The number of hydrogen-bond acceptors (Lipinski definition) is 4. The van der Waals surface area contributed by atoms with Crippen molar-refractivity contribution in [2.24, 2.45) is 28.8 Å². The number of imide groups is 1. The fourth-order valence-corrected chi connectivity index (χ4v) is 5.01. The maximum atomic E-state index is 12.5. The topological polar surface area (TPSA) is 70.0 Å². The van der Waals surface area contributed by atoms with E-state index in [4.69, 9.17) is 0 Å². The predicted octanol–water partition coefficient (Wildman–Crippen LogP) is 3.06. The summed E-state index contributed by atoms with van der Waals surface area (Å²) >= 11 is 6.48. The molecule has 0 spiro atoms. The van der Waals surface area contributed by atoms with Gasteiger partial charge in [0.2, 0.25) is 0 Å². The van der Waals surface area contributed by atoms with Crippen LogP contribution < -0.4 is 0 Å². The van der Waals surface area contributed by atoms with Gasteiger partial charge >= 0.3 is 0 Å². The van der Waals surface area contributed by atoms with Crippen molar-refractivity contribution in [2.75, 3.05) is 0 Å². The third kappa shape index (κ3) is 2.21. The Hall–Kier alpha value is -1.47. The second kappa shape index (κ2) is 5.27. The highest BCUT2D eigenvalue weighted by atomic mass is 79.9. The number of fused-ring (bicyclic) bond motifs is 5. The SMILES string of the molecule is O=C1C2C3C=CC(C3)C2C(=O)N1/N=C/c1cc(Br)c(O)c(Br)c1. The molecule has 1 heterocycles. The molecule has 0 radical (unpaired) electrons. The maximum absolute atomic E-state index is 12.5. The predicted molar refractivity (Wildman–Crippen MR) is 90.7 cm³/mol. The minimum absolute atomic E-state index is 0.0904. The van der Waals surface area contributed by atoms with Gasteiger partial charge in [-0.1, -0.05) is 12.2 Å². The molecule has 1 saturated carbocycles. The summed E-state index contributed by atoms with van der Waals surface area (Å²) in [6, 6.07) is 3.33.